The molecule has 0 saturated heterocycles. The maximum absolute atomic E-state index is 13.8. The van der Waals surface area contributed by atoms with Crippen LogP contribution in [0.15, 0.2) is 51.9 Å². The smallest absolute Gasteiger partial charge is 0.339 e. The minimum Gasteiger partial charge on any atom is -0.487 e. The van der Waals surface area contributed by atoms with Crippen molar-refractivity contribution in [2.75, 3.05) is 7.11 Å². The number of halogens is 3. The van der Waals surface area contributed by atoms with Crippen molar-refractivity contribution in [3.8, 4) is 5.75 Å². The molecule has 0 bridgehead atoms. The summed E-state index contributed by atoms with van der Waals surface area (Å²) in [7, 11) is 1.28. The highest BCUT2D eigenvalue weighted by atomic mass is 79.9. The molecule has 0 atom stereocenters. The summed E-state index contributed by atoms with van der Waals surface area (Å²) in [5, 5.41) is 0. The van der Waals surface area contributed by atoms with E-state index in [0.717, 1.165) is 12.1 Å². The number of aromatic nitrogens is 2. The fourth-order valence-electron chi connectivity index (χ4n) is 2.73. The predicted octanol–water partition coefficient (Wildman–Crippen LogP) is 4.01. The van der Waals surface area contributed by atoms with Gasteiger partial charge in [-0.3, -0.25) is 9.78 Å². The number of rotatable bonds is 6. The highest BCUT2D eigenvalue weighted by molar-refractivity contribution is 9.10. The molecule has 2 aromatic heterocycles. The van der Waals surface area contributed by atoms with Gasteiger partial charge < -0.3 is 14.0 Å². The minimum atomic E-state index is -0.724. The first-order chi connectivity index (χ1) is 14.3. The summed E-state index contributed by atoms with van der Waals surface area (Å²) in [6.07, 6.45) is 1.38. The van der Waals surface area contributed by atoms with Gasteiger partial charge in [0.05, 0.1) is 24.9 Å². The molecule has 9 heteroatoms. The van der Waals surface area contributed by atoms with Crippen molar-refractivity contribution in [1.29, 1.82) is 0 Å². The summed E-state index contributed by atoms with van der Waals surface area (Å²) in [6.45, 7) is 1.74. The van der Waals surface area contributed by atoms with Gasteiger partial charge in [-0.05, 0) is 47.1 Å². The van der Waals surface area contributed by atoms with Crippen molar-refractivity contribution in [1.82, 2.24) is 9.55 Å². The third kappa shape index (κ3) is 4.73. The van der Waals surface area contributed by atoms with Crippen molar-refractivity contribution in [3.05, 3.63) is 91.6 Å². The van der Waals surface area contributed by atoms with Crippen LogP contribution in [0.1, 0.15) is 27.3 Å². The fourth-order valence-corrected chi connectivity index (χ4v) is 3.17. The standard InChI is InChI=1S/C21H17BrF2N2O4/c1-12-7-18(30-11-14-3-5-15(23)8-17(14)24)19(22)20(27)26(12)10-16-6-4-13(9-25-16)21(28)29-2/h3-9H,10-11H2,1-2H3. The van der Waals surface area contributed by atoms with Crippen molar-refractivity contribution in [2.24, 2.45) is 0 Å². The van der Waals surface area contributed by atoms with Crippen molar-refractivity contribution in [3.63, 3.8) is 0 Å². The fraction of sp³-hybridized carbons (Fsp3) is 0.190. The topological polar surface area (TPSA) is 70.4 Å². The molecule has 2 heterocycles. The minimum absolute atomic E-state index is 0.163. The number of nitrogens with zero attached hydrogens (tertiary/aromatic N) is 2. The van der Waals surface area contributed by atoms with Crippen LogP contribution in [0.3, 0.4) is 0 Å². The molecule has 0 saturated carbocycles. The van der Waals surface area contributed by atoms with Gasteiger partial charge in [0.15, 0.2) is 0 Å². The predicted molar refractivity (Wildman–Crippen MR) is 109 cm³/mol. The van der Waals surface area contributed by atoms with E-state index >= 15 is 0 Å². The second-order valence-electron chi connectivity index (χ2n) is 6.41. The van der Waals surface area contributed by atoms with Crippen LogP contribution in [-0.4, -0.2) is 22.6 Å². The molecule has 30 heavy (non-hydrogen) atoms. The van der Waals surface area contributed by atoms with Gasteiger partial charge in [0.1, 0.15) is 28.5 Å². The summed E-state index contributed by atoms with van der Waals surface area (Å²) in [5.41, 5.74) is 1.28. The Morgan fingerprint density at radius 1 is 1.20 bits per heavy atom. The number of aryl methyl sites for hydroxylation is 1. The van der Waals surface area contributed by atoms with E-state index in [9.17, 15) is 18.4 Å². The molecule has 0 N–H and O–H groups in total. The highest BCUT2D eigenvalue weighted by Crippen LogP contribution is 2.24. The molecule has 0 unspecified atom stereocenters. The molecule has 0 aliphatic heterocycles. The third-order valence-corrected chi connectivity index (χ3v) is 5.11. The number of pyridine rings is 2. The van der Waals surface area contributed by atoms with E-state index in [1.165, 1.54) is 23.9 Å². The summed E-state index contributed by atoms with van der Waals surface area (Å²) < 4.78 is 38.7. The molecule has 156 valence electrons. The number of carbonyl (C=O) groups excluding carboxylic acids is 1. The number of hydrogen-bond acceptors (Lipinski definition) is 5. The van der Waals surface area contributed by atoms with Crippen LogP contribution in [0.2, 0.25) is 0 Å². The summed E-state index contributed by atoms with van der Waals surface area (Å²) in [5.74, 6) is -1.66. The SMILES string of the molecule is COC(=O)c1ccc(Cn2c(C)cc(OCc3ccc(F)cc3F)c(Br)c2=O)nc1. The Hall–Kier alpha value is -3.07. The van der Waals surface area contributed by atoms with Crippen LogP contribution >= 0.6 is 15.9 Å². The zero-order valence-corrected chi connectivity index (χ0v) is 17.7. The van der Waals surface area contributed by atoms with E-state index in [4.69, 9.17) is 4.74 Å². The molecule has 0 radical (unpaired) electrons. The lowest BCUT2D eigenvalue weighted by Crippen LogP contribution is -2.24. The number of hydrogen-bond donors (Lipinski definition) is 0. The number of methoxy groups -OCH3 is 1. The van der Waals surface area contributed by atoms with Crippen LogP contribution in [0.5, 0.6) is 5.75 Å². The molecule has 0 aliphatic rings. The van der Waals surface area contributed by atoms with Gasteiger partial charge in [0.25, 0.3) is 5.56 Å². The Morgan fingerprint density at radius 2 is 1.97 bits per heavy atom. The molecule has 0 amide bonds. The maximum atomic E-state index is 13.8. The van der Waals surface area contributed by atoms with Gasteiger partial charge in [-0.2, -0.15) is 0 Å². The molecule has 3 rings (SSSR count). The first kappa shape index (κ1) is 21.6. The van der Waals surface area contributed by atoms with Crippen LogP contribution in [0, 0.1) is 18.6 Å². The van der Waals surface area contributed by atoms with Gasteiger partial charge in [0.2, 0.25) is 0 Å². The lowest BCUT2D eigenvalue weighted by atomic mass is 10.2. The first-order valence-electron chi connectivity index (χ1n) is 8.80. The van der Waals surface area contributed by atoms with Crippen molar-refractivity contribution >= 4 is 21.9 Å². The zero-order chi connectivity index (χ0) is 21.8. The second-order valence-corrected chi connectivity index (χ2v) is 7.20. The Bertz CT molecular complexity index is 1150. The number of esters is 1. The molecule has 0 fully saturated rings. The Balaban J connectivity index is 1.80. The Morgan fingerprint density at radius 3 is 2.60 bits per heavy atom. The average molecular weight is 479 g/mol. The quantitative estimate of drug-likeness (QED) is 0.500. The highest BCUT2D eigenvalue weighted by Gasteiger charge is 2.14. The summed E-state index contributed by atoms with van der Waals surface area (Å²) >= 11 is 3.23. The maximum Gasteiger partial charge on any atom is 0.339 e. The molecule has 6 nitrogen and oxygen atoms in total. The van der Waals surface area contributed by atoms with E-state index in [-0.39, 0.29) is 34.5 Å². The van der Waals surface area contributed by atoms with Gasteiger partial charge in [-0.15, -0.1) is 0 Å². The van der Waals surface area contributed by atoms with E-state index in [1.54, 1.807) is 25.1 Å². The van der Waals surface area contributed by atoms with Crippen molar-refractivity contribution in [2.45, 2.75) is 20.1 Å². The van der Waals surface area contributed by atoms with E-state index in [2.05, 4.69) is 25.7 Å². The van der Waals surface area contributed by atoms with Gasteiger partial charge in [0, 0.05) is 29.6 Å². The van der Waals surface area contributed by atoms with Gasteiger partial charge in [-0.25, -0.2) is 13.6 Å². The van der Waals surface area contributed by atoms with Crippen LogP contribution in [-0.2, 0) is 17.9 Å². The summed E-state index contributed by atoms with van der Waals surface area (Å²) in [4.78, 5) is 28.5. The van der Waals surface area contributed by atoms with E-state index < -0.39 is 17.6 Å². The Labute approximate surface area is 179 Å². The molecule has 1 aromatic carbocycles. The molecular formula is C21H17BrF2N2O4. The monoisotopic (exact) mass is 478 g/mol. The number of ether oxygens (including phenoxy) is 2. The van der Waals surface area contributed by atoms with E-state index in [0.29, 0.717) is 17.0 Å². The average Bonchev–Trinajstić information content (AvgIpc) is 2.73. The van der Waals surface area contributed by atoms with Gasteiger partial charge >= 0.3 is 5.97 Å². The Kier molecular flexibility index (Phi) is 6.61. The number of benzene rings is 1. The third-order valence-electron chi connectivity index (χ3n) is 4.38. The van der Waals surface area contributed by atoms with Crippen LogP contribution in [0.25, 0.3) is 0 Å². The number of carbonyl (C=O) groups is 1. The molecule has 0 spiro atoms. The molecule has 0 aliphatic carbocycles. The van der Waals surface area contributed by atoms with E-state index in [1.807, 2.05) is 0 Å². The van der Waals surface area contributed by atoms with Gasteiger partial charge in [-0.1, -0.05) is 0 Å². The molecule has 3 aromatic rings. The largest absolute Gasteiger partial charge is 0.487 e. The second kappa shape index (κ2) is 9.17. The normalized spacial score (nSPS) is 10.7. The lowest BCUT2D eigenvalue weighted by molar-refractivity contribution is 0.0600. The van der Waals surface area contributed by atoms with Crippen LogP contribution in [0.4, 0.5) is 8.78 Å². The van der Waals surface area contributed by atoms with Crippen LogP contribution < -0.4 is 10.3 Å². The zero-order valence-electron chi connectivity index (χ0n) is 16.1. The first-order valence-corrected chi connectivity index (χ1v) is 9.59. The lowest BCUT2D eigenvalue weighted by Gasteiger charge is -2.14. The summed E-state index contributed by atoms with van der Waals surface area (Å²) in [6, 6.07) is 8.03. The van der Waals surface area contributed by atoms with Crippen molar-refractivity contribution < 1.29 is 23.0 Å². The molecular weight excluding hydrogens is 462 g/mol.